The van der Waals surface area contributed by atoms with Gasteiger partial charge in [0.2, 0.25) is 0 Å². The van der Waals surface area contributed by atoms with Crippen LogP contribution in [0.25, 0.3) is 0 Å². The monoisotopic (exact) mass is 551 g/mol. The van der Waals surface area contributed by atoms with Crippen molar-refractivity contribution >= 4 is 36.0 Å². The van der Waals surface area contributed by atoms with Crippen LogP contribution in [0.5, 0.6) is 0 Å². The van der Waals surface area contributed by atoms with Gasteiger partial charge in [0.25, 0.3) is 0 Å². The van der Waals surface area contributed by atoms with E-state index in [-0.39, 0.29) is 30.1 Å². The highest BCUT2D eigenvalue weighted by Gasteiger charge is 2.27. The van der Waals surface area contributed by atoms with Gasteiger partial charge in [0.05, 0.1) is 0 Å². The molecule has 0 spiro atoms. The summed E-state index contributed by atoms with van der Waals surface area (Å²) in [4.78, 5) is 24.1. The number of aliphatic imine (C=N–C) groups is 1. The third kappa shape index (κ3) is 10.1. The summed E-state index contributed by atoms with van der Waals surface area (Å²) in [6.45, 7) is 17.6. The summed E-state index contributed by atoms with van der Waals surface area (Å²) in [7, 11) is 2.21. The lowest BCUT2D eigenvalue weighted by molar-refractivity contribution is 0.0214. The Kier molecular flexibility index (Phi) is 12.5. The molecule has 0 aliphatic carbocycles. The molecule has 0 aromatic rings. The third-order valence-corrected chi connectivity index (χ3v) is 5.98. The van der Waals surface area contributed by atoms with E-state index in [1.54, 1.807) is 0 Å². The molecule has 0 bridgehead atoms. The molecule has 2 aliphatic rings. The zero-order valence-corrected chi connectivity index (χ0v) is 23.0. The van der Waals surface area contributed by atoms with Gasteiger partial charge in [0, 0.05) is 45.8 Å². The summed E-state index contributed by atoms with van der Waals surface area (Å²) in [5, 5.41) is 3.49. The first-order valence-corrected chi connectivity index (χ1v) is 11.9. The molecule has 2 rings (SSSR count). The fourth-order valence-corrected chi connectivity index (χ4v) is 4.36. The number of carbonyl (C=O) groups excluding carboxylic acids is 1. The van der Waals surface area contributed by atoms with Crippen molar-refractivity contribution in [2.45, 2.75) is 65.9 Å². The summed E-state index contributed by atoms with van der Waals surface area (Å²) in [5.74, 6) is 2.24. The Morgan fingerprint density at radius 3 is 2.35 bits per heavy atom. The van der Waals surface area contributed by atoms with Gasteiger partial charge in [-0.3, -0.25) is 4.99 Å². The minimum atomic E-state index is -0.446. The summed E-state index contributed by atoms with van der Waals surface area (Å²) < 4.78 is 5.56. The average Bonchev–Trinajstić information content (AvgIpc) is 2.68. The van der Waals surface area contributed by atoms with Crippen molar-refractivity contribution < 1.29 is 9.53 Å². The molecule has 1 atom stereocenters. The van der Waals surface area contributed by atoms with Gasteiger partial charge in [0.1, 0.15) is 5.60 Å². The quantitative estimate of drug-likeness (QED) is 0.309. The van der Waals surface area contributed by atoms with E-state index in [1.807, 2.05) is 32.6 Å². The van der Waals surface area contributed by atoms with Gasteiger partial charge in [-0.25, -0.2) is 4.79 Å². The second-order valence-electron chi connectivity index (χ2n) is 9.91. The molecule has 0 aromatic heterocycles. The molecule has 0 radical (unpaired) electrons. The van der Waals surface area contributed by atoms with Crippen molar-refractivity contribution in [2.75, 3.05) is 59.4 Å². The van der Waals surface area contributed by atoms with Crippen LogP contribution in [-0.2, 0) is 4.74 Å². The molecule has 2 aliphatic heterocycles. The van der Waals surface area contributed by atoms with Crippen molar-refractivity contribution in [3.05, 3.63) is 0 Å². The average molecular weight is 552 g/mol. The highest BCUT2D eigenvalue weighted by molar-refractivity contribution is 14.0. The second-order valence-corrected chi connectivity index (χ2v) is 9.91. The lowest BCUT2D eigenvalue weighted by Gasteiger charge is -2.37. The molecule has 1 unspecified atom stereocenters. The number of nitrogens with one attached hydrogen (secondary N) is 1. The molecule has 31 heavy (non-hydrogen) atoms. The molecule has 2 fully saturated rings. The first kappa shape index (κ1) is 28.3. The maximum absolute atomic E-state index is 12.4. The number of ether oxygens (including phenoxy) is 1. The molecule has 2 saturated heterocycles. The Bertz CT molecular complexity index is 559. The number of amides is 1. The smallest absolute Gasteiger partial charge is 0.410 e. The Balaban J connectivity index is 0.00000480. The number of rotatable bonds is 6. The normalized spacial score (nSPS) is 21.4. The highest BCUT2D eigenvalue weighted by Crippen LogP contribution is 2.21. The van der Waals surface area contributed by atoms with E-state index in [0.717, 1.165) is 58.1 Å². The first-order chi connectivity index (χ1) is 14.2. The van der Waals surface area contributed by atoms with Crippen LogP contribution in [0.15, 0.2) is 4.99 Å². The van der Waals surface area contributed by atoms with Crippen molar-refractivity contribution in [1.82, 2.24) is 20.0 Å². The molecule has 2 heterocycles. The van der Waals surface area contributed by atoms with Crippen LogP contribution in [0.3, 0.4) is 0 Å². The largest absolute Gasteiger partial charge is 0.444 e. The van der Waals surface area contributed by atoms with Crippen LogP contribution in [0.4, 0.5) is 4.79 Å². The van der Waals surface area contributed by atoms with Crippen LogP contribution >= 0.6 is 24.0 Å². The minimum Gasteiger partial charge on any atom is -0.444 e. The van der Waals surface area contributed by atoms with E-state index in [9.17, 15) is 4.79 Å². The maximum Gasteiger partial charge on any atom is 0.410 e. The molecule has 0 saturated carbocycles. The van der Waals surface area contributed by atoms with Crippen molar-refractivity contribution in [2.24, 2.45) is 16.8 Å². The fourth-order valence-electron chi connectivity index (χ4n) is 4.36. The summed E-state index contributed by atoms with van der Waals surface area (Å²) in [5.41, 5.74) is -0.446. The number of hydrogen-bond donors (Lipinski definition) is 1. The van der Waals surface area contributed by atoms with Crippen LogP contribution in [0, 0.1) is 11.8 Å². The molecule has 8 heteroatoms. The van der Waals surface area contributed by atoms with Crippen molar-refractivity contribution in [3.8, 4) is 0 Å². The van der Waals surface area contributed by atoms with E-state index in [4.69, 9.17) is 9.73 Å². The number of guanidine groups is 1. The van der Waals surface area contributed by atoms with Gasteiger partial charge in [0.15, 0.2) is 5.96 Å². The number of halogens is 1. The summed E-state index contributed by atoms with van der Waals surface area (Å²) in [6.07, 6.45) is 4.53. The van der Waals surface area contributed by atoms with Crippen LogP contribution in [0.2, 0.25) is 0 Å². The van der Waals surface area contributed by atoms with Crippen LogP contribution in [-0.4, -0.2) is 91.8 Å². The van der Waals surface area contributed by atoms with Crippen LogP contribution < -0.4 is 5.32 Å². The first-order valence-electron chi connectivity index (χ1n) is 11.9. The molecular formula is C23H46IN5O2. The van der Waals surface area contributed by atoms with Gasteiger partial charge in [-0.2, -0.15) is 0 Å². The SMILES string of the molecule is CCNC(=NCC1CCCN(C)C1)N1CCC(CN(CC)C(=O)OC(C)(C)C)CC1.I. The zero-order chi connectivity index (χ0) is 22.1. The van der Waals surface area contributed by atoms with Gasteiger partial charge in [-0.15, -0.1) is 24.0 Å². The van der Waals surface area contributed by atoms with Crippen LogP contribution in [0.1, 0.15) is 60.3 Å². The van der Waals surface area contributed by atoms with E-state index >= 15 is 0 Å². The number of piperidine rings is 2. The summed E-state index contributed by atoms with van der Waals surface area (Å²) in [6, 6.07) is 0. The molecule has 1 N–H and O–H groups in total. The number of likely N-dealkylation sites (tertiary alicyclic amines) is 2. The van der Waals surface area contributed by atoms with E-state index in [1.165, 1.54) is 19.4 Å². The van der Waals surface area contributed by atoms with Crippen molar-refractivity contribution in [3.63, 3.8) is 0 Å². The Hall–Kier alpha value is -0.770. The third-order valence-electron chi connectivity index (χ3n) is 5.98. The maximum atomic E-state index is 12.4. The summed E-state index contributed by atoms with van der Waals surface area (Å²) >= 11 is 0. The lowest BCUT2D eigenvalue weighted by atomic mass is 9.96. The number of hydrogen-bond acceptors (Lipinski definition) is 4. The minimum absolute atomic E-state index is 0. The fraction of sp³-hybridized carbons (Fsp3) is 0.913. The Morgan fingerprint density at radius 2 is 1.81 bits per heavy atom. The Morgan fingerprint density at radius 1 is 1.13 bits per heavy atom. The van der Waals surface area contributed by atoms with Crippen molar-refractivity contribution in [1.29, 1.82) is 0 Å². The van der Waals surface area contributed by atoms with Gasteiger partial charge in [-0.1, -0.05) is 0 Å². The van der Waals surface area contributed by atoms with E-state index in [2.05, 4.69) is 29.1 Å². The Labute approximate surface area is 207 Å². The zero-order valence-electron chi connectivity index (χ0n) is 20.7. The van der Waals surface area contributed by atoms with Gasteiger partial charge in [-0.05, 0) is 85.7 Å². The predicted octanol–water partition coefficient (Wildman–Crippen LogP) is 3.88. The molecule has 182 valence electrons. The molecular weight excluding hydrogens is 505 g/mol. The second kappa shape index (κ2) is 13.7. The highest BCUT2D eigenvalue weighted by atomic mass is 127. The standard InChI is InChI=1S/C23H45N5O2.HI/c1-7-24-21(25-16-20-10-9-13-26(6)17-20)28-14-11-19(12-15-28)18-27(8-2)22(29)30-23(3,4)5;/h19-20H,7-18H2,1-6H3,(H,24,25);1H. The number of nitrogens with zero attached hydrogens (tertiary/aromatic N) is 4. The predicted molar refractivity (Wildman–Crippen MR) is 139 cm³/mol. The number of carbonyl (C=O) groups is 1. The van der Waals surface area contributed by atoms with Gasteiger partial charge < -0.3 is 24.8 Å². The van der Waals surface area contributed by atoms with E-state index < -0.39 is 5.60 Å². The topological polar surface area (TPSA) is 60.4 Å². The van der Waals surface area contributed by atoms with E-state index in [0.29, 0.717) is 18.4 Å². The molecule has 1 amide bonds. The van der Waals surface area contributed by atoms with Gasteiger partial charge >= 0.3 is 6.09 Å². The molecule has 7 nitrogen and oxygen atoms in total. The lowest BCUT2D eigenvalue weighted by Crippen LogP contribution is -2.48. The molecule has 0 aromatic carbocycles.